The van der Waals surface area contributed by atoms with Gasteiger partial charge in [0.25, 0.3) is 0 Å². The molecule has 0 saturated heterocycles. The van der Waals surface area contributed by atoms with Gasteiger partial charge in [-0.1, -0.05) is 0 Å². The highest BCUT2D eigenvalue weighted by Crippen LogP contribution is 2.22. The number of carbonyl (C=O) groups is 1. The summed E-state index contributed by atoms with van der Waals surface area (Å²) in [6, 6.07) is 3.34. The second-order valence-electron chi connectivity index (χ2n) is 2.16. The van der Waals surface area contributed by atoms with Crippen molar-refractivity contribution < 1.29 is 9.90 Å². The lowest BCUT2D eigenvalue weighted by Crippen LogP contribution is -2.03. The third kappa shape index (κ3) is 2.00. The van der Waals surface area contributed by atoms with Crippen molar-refractivity contribution in [2.75, 3.05) is 5.73 Å². The molecule has 1 aromatic rings. The summed E-state index contributed by atoms with van der Waals surface area (Å²) in [6.45, 7) is 0. The SMILES string of the molecule is Nc1cc(I)cc(C(=O)O)c1I. The third-order valence-electron chi connectivity index (χ3n) is 1.30. The maximum atomic E-state index is 10.7. The van der Waals surface area contributed by atoms with Gasteiger partial charge in [0.15, 0.2) is 0 Å². The molecular weight excluding hydrogens is 384 g/mol. The molecule has 1 aromatic carbocycles. The van der Waals surface area contributed by atoms with Crippen molar-refractivity contribution in [3.8, 4) is 0 Å². The van der Waals surface area contributed by atoms with Crippen LogP contribution in [0.3, 0.4) is 0 Å². The van der Waals surface area contributed by atoms with E-state index in [2.05, 4.69) is 0 Å². The van der Waals surface area contributed by atoms with Crippen LogP contribution in [0.2, 0.25) is 0 Å². The number of aromatic carboxylic acids is 1. The molecule has 0 radical (unpaired) electrons. The Morgan fingerprint density at radius 3 is 2.50 bits per heavy atom. The largest absolute Gasteiger partial charge is 0.478 e. The van der Waals surface area contributed by atoms with Crippen LogP contribution in [-0.4, -0.2) is 11.1 Å². The quantitative estimate of drug-likeness (QED) is 0.572. The molecule has 0 aliphatic rings. The molecule has 0 fully saturated rings. The number of rotatable bonds is 1. The average Bonchev–Trinajstić information content (AvgIpc) is 1.96. The summed E-state index contributed by atoms with van der Waals surface area (Å²) in [4.78, 5) is 10.7. The summed E-state index contributed by atoms with van der Waals surface area (Å²) in [7, 11) is 0. The first-order valence-corrected chi connectivity index (χ1v) is 5.16. The van der Waals surface area contributed by atoms with Crippen LogP contribution < -0.4 is 5.73 Å². The normalized spacial score (nSPS) is 9.83. The predicted octanol–water partition coefficient (Wildman–Crippen LogP) is 2.18. The first-order valence-electron chi connectivity index (χ1n) is 3.00. The number of carboxylic acid groups (broad SMARTS) is 1. The van der Waals surface area contributed by atoms with Gasteiger partial charge in [0.05, 0.1) is 9.13 Å². The predicted molar refractivity (Wildman–Crippen MR) is 63.2 cm³/mol. The number of halogens is 2. The van der Waals surface area contributed by atoms with Gasteiger partial charge in [-0.15, -0.1) is 0 Å². The fourth-order valence-electron chi connectivity index (χ4n) is 0.766. The van der Waals surface area contributed by atoms with Crippen LogP contribution in [0.15, 0.2) is 12.1 Å². The van der Waals surface area contributed by atoms with E-state index < -0.39 is 5.97 Å². The lowest BCUT2D eigenvalue weighted by molar-refractivity contribution is 0.0695. The monoisotopic (exact) mass is 389 g/mol. The van der Waals surface area contributed by atoms with Crippen molar-refractivity contribution >= 4 is 56.8 Å². The first kappa shape index (κ1) is 10.0. The Morgan fingerprint density at radius 2 is 2.00 bits per heavy atom. The molecule has 0 aromatic heterocycles. The van der Waals surface area contributed by atoms with Crippen LogP contribution >= 0.6 is 45.2 Å². The molecule has 0 saturated carbocycles. The molecule has 0 atom stereocenters. The Balaban J connectivity index is 3.37. The minimum absolute atomic E-state index is 0.264. The van der Waals surface area contributed by atoms with Crippen molar-refractivity contribution in [3.63, 3.8) is 0 Å². The van der Waals surface area contributed by atoms with Gasteiger partial charge < -0.3 is 10.8 Å². The molecule has 0 bridgehead atoms. The van der Waals surface area contributed by atoms with Gasteiger partial charge in [-0.2, -0.15) is 0 Å². The van der Waals surface area contributed by atoms with Crippen LogP contribution in [0, 0.1) is 7.14 Å². The van der Waals surface area contributed by atoms with Gasteiger partial charge >= 0.3 is 5.97 Å². The molecule has 3 nitrogen and oxygen atoms in total. The Morgan fingerprint density at radius 1 is 1.42 bits per heavy atom. The average molecular weight is 389 g/mol. The summed E-state index contributed by atoms with van der Waals surface area (Å²) in [5.74, 6) is -0.940. The molecule has 1 rings (SSSR count). The van der Waals surface area contributed by atoms with Crippen LogP contribution in [0.5, 0.6) is 0 Å². The van der Waals surface area contributed by atoms with E-state index in [1.54, 1.807) is 12.1 Å². The van der Waals surface area contributed by atoms with E-state index in [9.17, 15) is 4.79 Å². The van der Waals surface area contributed by atoms with Crippen molar-refractivity contribution in [3.05, 3.63) is 24.8 Å². The molecule has 12 heavy (non-hydrogen) atoms. The van der Waals surface area contributed by atoms with Gasteiger partial charge in [0.1, 0.15) is 0 Å². The topological polar surface area (TPSA) is 63.3 Å². The van der Waals surface area contributed by atoms with Crippen molar-refractivity contribution in [2.24, 2.45) is 0 Å². The number of benzene rings is 1. The van der Waals surface area contributed by atoms with E-state index in [0.717, 1.165) is 3.57 Å². The number of hydrogen-bond donors (Lipinski definition) is 2. The summed E-state index contributed by atoms with van der Waals surface area (Å²) in [5.41, 5.74) is 6.36. The lowest BCUT2D eigenvalue weighted by atomic mass is 10.2. The van der Waals surface area contributed by atoms with E-state index in [1.165, 1.54) is 0 Å². The van der Waals surface area contributed by atoms with Crippen LogP contribution in [0.4, 0.5) is 5.69 Å². The summed E-state index contributed by atoms with van der Waals surface area (Å²) in [5, 5.41) is 8.75. The standard InChI is InChI=1S/C7H5I2NO2/c8-3-1-4(7(11)12)6(9)5(10)2-3/h1-2H,10H2,(H,11,12). The summed E-state index contributed by atoms with van der Waals surface area (Å²) in [6.07, 6.45) is 0. The van der Waals surface area contributed by atoms with Gasteiger partial charge in [-0.3, -0.25) is 0 Å². The number of hydrogen-bond acceptors (Lipinski definition) is 2. The molecule has 0 amide bonds. The Bertz CT molecular complexity index is 338. The van der Waals surface area contributed by atoms with Crippen molar-refractivity contribution in [1.29, 1.82) is 0 Å². The number of anilines is 1. The highest BCUT2D eigenvalue weighted by molar-refractivity contribution is 14.1. The summed E-state index contributed by atoms with van der Waals surface area (Å²) < 4.78 is 1.43. The number of nitrogen functional groups attached to an aromatic ring is 1. The van der Waals surface area contributed by atoms with Gasteiger partial charge in [-0.05, 0) is 57.3 Å². The van der Waals surface area contributed by atoms with Gasteiger partial charge in [0, 0.05) is 9.26 Å². The highest BCUT2D eigenvalue weighted by Gasteiger charge is 2.11. The molecule has 5 heteroatoms. The van der Waals surface area contributed by atoms with Crippen LogP contribution in [0.25, 0.3) is 0 Å². The fourth-order valence-corrected chi connectivity index (χ4v) is 1.95. The Labute approximate surface area is 96.6 Å². The minimum atomic E-state index is -0.940. The van der Waals surface area contributed by atoms with Crippen LogP contribution in [-0.2, 0) is 0 Å². The number of nitrogens with two attached hydrogens (primary N) is 1. The molecule has 3 N–H and O–H groups in total. The maximum absolute atomic E-state index is 10.7. The number of carboxylic acids is 1. The van der Waals surface area contributed by atoms with Gasteiger partial charge in [0.2, 0.25) is 0 Å². The lowest BCUT2D eigenvalue weighted by Gasteiger charge is -2.03. The minimum Gasteiger partial charge on any atom is -0.478 e. The molecule has 0 aliphatic heterocycles. The third-order valence-corrected chi connectivity index (χ3v) is 3.12. The van der Waals surface area contributed by atoms with E-state index >= 15 is 0 Å². The second kappa shape index (κ2) is 3.77. The molecule has 64 valence electrons. The van der Waals surface area contributed by atoms with Crippen molar-refractivity contribution in [2.45, 2.75) is 0 Å². The molecule has 0 unspecified atom stereocenters. The second-order valence-corrected chi connectivity index (χ2v) is 4.49. The van der Waals surface area contributed by atoms with E-state index in [4.69, 9.17) is 10.8 Å². The highest BCUT2D eigenvalue weighted by atomic mass is 127. The molecule has 0 aliphatic carbocycles. The molecule has 0 spiro atoms. The van der Waals surface area contributed by atoms with E-state index in [0.29, 0.717) is 9.26 Å². The summed E-state index contributed by atoms with van der Waals surface area (Å²) >= 11 is 3.96. The molecular formula is C7H5I2NO2. The molecule has 0 heterocycles. The zero-order chi connectivity index (χ0) is 9.30. The zero-order valence-electron chi connectivity index (χ0n) is 5.84. The van der Waals surface area contributed by atoms with Crippen molar-refractivity contribution in [1.82, 2.24) is 0 Å². The Hall–Kier alpha value is -0.0500. The first-order chi connectivity index (χ1) is 5.52. The Kier molecular flexibility index (Phi) is 3.16. The zero-order valence-corrected chi connectivity index (χ0v) is 10.2. The maximum Gasteiger partial charge on any atom is 0.336 e. The van der Waals surface area contributed by atoms with Crippen LogP contribution in [0.1, 0.15) is 10.4 Å². The smallest absolute Gasteiger partial charge is 0.336 e. The van der Waals surface area contributed by atoms with E-state index in [1.807, 2.05) is 45.2 Å². The van der Waals surface area contributed by atoms with E-state index in [-0.39, 0.29) is 5.56 Å². The fraction of sp³-hybridized carbons (Fsp3) is 0. The van der Waals surface area contributed by atoms with Gasteiger partial charge in [-0.25, -0.2) is 4.79 Å².